The normalized spacial score (nSPS) is 16.1. The van der Waals surface area contributed by atoms with E-state index in [4.69, 9.17) is 4.74 Å². The highest BCUT2D eigenvalue weighted by Gasteiger charge is 2.19. The summed E-state index contributed by atoms with van der Waals surface area (Å²) >= 11 is 0. The molecule has 0 unspecified atom stereocenters. The zero-order valence-electron chi connectivity index (χ0n) is 14.7. The summed E-state index contributed by atoms with van der Waals surface area (Å²) in [7, 11) is 1.70. The van der Waals surface area contributed by atoms with E-state index < -0.39 is 0 Å². The molecule has 1 rings (SSSR count). The Morgan fingerprint density at radius 3 is 1.67 bits per heavy atom. The summed E-state index contributed by atoms with van der Waals surface area (Å²) in [4.78, 5) is 0. The first-order valence-corrected chi connectivity index (χ1v) is 7.56. The Hall–Kier alpha value is -0.300. The van der Waals surface area contributed by atoms with Crippen molar-refractivity contribution in [3.63, 3.8) is 0 Å². The predicted molar refractivity (Wildman–Crippen MR) is 86.2 cm³/mol. The SMILES string of the molecule is CC.CC.CC1=CCC(C)(C)CC1.COC(C)C. The van der Waals surface area contributed by atoms with Crippen LogP contribution in [0.25, 0.3) is 0 Å². The molecule has 1 heteroatoms. The zero-order valence-corrected chi connectivity index (χ0v) is 14.7. The average molecular weight is 258 g/mol. The summed E-state index contributed by atoms with van der Waals surface area (Å²) in [5.74, 6) is 0. The molecule has 0 saturated heterocycles. The quantitative estimate of drug-likeness (QED) is 0.506. The highest BCUT2D eigenvalue weighted by molar-refractivity contribution is 5.04. The van der Waals surface area contributed by atoms with Crippen LogP contribution in [0.4, 0.5) is 0 Å². The molecule has 112 valence electrons. The molecule has 1 aliphatic carbocycles. The van der Waals surface area contributed by atoms with E-state index in [1.54, 1.807) is 12.7 Å². The zero-order chi connectivity index (χ0) is 15.2. The van der Waals surface area contributed by atoms with Gasteiger partial charge in [-0.25, -0.2) is 0 Å². The molecule has 0 spiro atoms. The van der Waals surface area contributed by atoms with Gasteiger partial charge in [0.05, 0.1) is 6.10 Å². The summed E-state index contributed by atoms with van der Waals surface area (Å²) in [5.41, 5.74) is 2.16. The van der Waals surface area contributed by atoms with Crippen LogP contribution in [0.1, 0.15) is 81.6 Å². The minimum Gasteiger partial charge on any atom is -0.382 e. The van der Waals surface area contributed by atoms with Crippen molar-refractivity contribution < 1.29 is 4.74 Å². The molecule has 0 saturated carbocycles. The van der Waals surface area contributed by atoms with E-state index in [1.165, 1.54) is 19.3 Å². The van der Waals surface area contributed by atoms with Crippen molar-refractivity contribution in [2.24, 2.45) is 5.41 Å². The summed E-state index contributed by atoms with van der Waals surface area (Å²) in [6.45, 7) is 18.9. The van der Waals surface area contributed by atoms with Crippen molar-refractivity contribution in [3.05, 3.63) is 11.6 Å². The van der Waals surface area contributed by atoms with Gasteiger partial charge >= 0.3 is 0 Å². The summed E-state index contributed by atoms with van der Waals surface area (Å²) in [6.07, 6.45) is 6.72. The Balaban J connectivity index is -0.000000215. The fourth-order valence-corrected chi connectivity index (χ4v) is 1.19. The van der Waals surface area contributed by atoms with Crippen molar-refractivity contribution in [1.82, 2.24) is 0 Å². The highest BCUT2D eigenvalue weighted by atomic mass is 16.5. The topological polar surface area (TPSA) is 9.23 Å². The van der Waals surface area contributed by atoms with E-state index in [0.717, 1.165) is 0 Å². The van der Waals surface area contributed by atoms with Gasteiger partial charge in [0.2, 0.25) is 0 Å². The third kappa shape index (κ3) is 18.1. The molecule has 0 heterocycles. The van der Waals surface area contributed by atoms with Gasteiger partial charge in [0.25, 0.3) is 0 Å². The lowest BCUT2D eigenvalue weighted by molar-refractivity contribution is 0.134. The number of allylic oxidation sites excluding steroid dienone is 2. The third-order valence-electron chi connectivity index (χ3n) is 2.67. The van der Waals surface area contributed by atoms with Crippen LogP contribution in [0.2, 0.25) is 0 Å². The van der Waals surface area contributed by atoms with Gasteiger partial charge in [0.1, 0.15) is 0 Å². The summed E-state index contributed by atoms with van der Waals surface area (Å²) in [5, 5.41) is 0. The number of methoxy groups -OCH3 is 1. The van der Waals surface area contributed by atoms with E-state index in [2.05, 4.69) is 26.8 Å². The largest absolute Gasteiger partial charge is 0.382 e. The first-order valence-electron chi connectivity index (χ1n) is 7.56. The number of hydrogen-bond acceptors (Lipinski definition) is 1. The Morgan fingerprint density at radius 1 is 1.11 bits per heavy atom. The molecule has 0 radical (unpaired) electrons. The number of ether oxygens (including phenoxy) is 1. The van der Waals surface area contributed by atoms with E-state index in [0.29, 0.717) is 11.5 Å². The molecule has 0 aromatic rings. The third-order valence-corrected chi connectivity index (χ3v) is 2.67. The minimum absolute atomic E-state index is 0.384. The molecule has 0 N–H and O–H groups in total. The van der Waals surface area contributed by atoms with E-state index in [9.17, 15) is 0 Å². The van der Waals surface area contributed by atoms with Crippen LogP contribution in [-0.4, -0.2) is 13.2 Å². The van der Waals surface area contributed by atoms with Gasteiger partial charge in [0.15, 0.2) is 0 Å². The van der Waals surface area contributed by atoms with Gasteiger partial charge < -0.3 is 4.74 Å². The van der Waals surface area contributed by atoms with Crippen LogP contribution in [0.15, 0.2) is 11.6 Å². The van der Waals surface area contributed by atoms with E-state index in [1.807, 2.05) is 41.5 Å². The number of rotatable bonds is 1. The second kappa shape index (κ2) is 14.8. The van der Waals surface area contributed by atoms with Crippen LogP contribution in [-0.2, 0) is 4.74 Å². The smallest absolute Gasteiger partial charge is 0.0515 e. The lowest BCUT2D eigenvalue weighted by Crippen LogP contribution is -2.13. The number of hydrogen-bond donors (Lipinski definition) is 0. The fourth-order valence-electron chi connectivity index (χ4n) is 1.19. The molecule has 0 aliphatic heterocycles. The fraction of sp³-hybridized carbons (Fsp3) is 0.882. The molecule has 0 bridgehead atoms. The molecule has 1 aliphatic rings. The molecule has 0 atom stereocenters. The molecular formula is C17H38O. The second-order valence-electron chi connectivity index (χ2n) is 5.20. The van der Waals surface area contributed by atoms with Crippen molar-refractivity contribution >= 4 is 0 Å². The summed E-state index contributed by atoms with van der Waals surface area (Å²) in [6, 6.07) is 0. The standard InChI is InChI=1S/C9H16.C4H10O.2C2H6/c1-8-4-6-9(2,3)7-5-8;1-4(2)5-3;2*1-2/h4H,5-7H2,1-3H3;4H,1-3H3;2*1-2H3. The molecule has 1 nitrogen and oxygen atoms in total. The van der Waals surface area contributed by atoms with Crippen molar-refractivity contribution in [3.8, 4) is 0 Å². The maximum atomic E-state index is 4.75. The van der Waals surface area contributed by atoms with Crippen molar-refractivity contribution in [1.29, 1.82) is 0 Å². The molecule has 0 aromatic carbocycles. The maximum Gasteiger partial charge on any atom is 0.0515 e. The van der Waals surface area contributed by atoms with Gasteiger partial charge in [0, 0.05) is 7.11 Å². The molecule has 18 heavy (non-hydrogen) atoms. The maximum absolute atomic E-state index is 4.75. The van der Waals surface area contributed by atoms with Gasteiger partial charge in [-0.15, -0.1) is 0 Å². The molecular weight excluding hydrogens is 220 g/mol. The van der Waals surface area contributed by atoms with Crippen LogP contribution in [0, 0.1) is 5.41 Å². The van der Waals surface area contributed by atoms with E-state index in [-0.39, 0.29) is 0 Å². The lowest BCUT2D eigenvalue weighted by Gasteiger charge is -2.27. The molecule has 0 fully saturated rings. The lowest BCUT2D eigenvalue weighted by atomic mass is 9.79. The highest BCUT2D eigenvalue weighted by Crippen LogP contribution is 2.33. The van der Waals surface area contributed by atoms with Gasteiger partial charge in [-0.05, 0) is 45.4 Å². The van der Waals surface area contributed by atoms with Crippen LogP contribution < -0.4 is 0 Å². The molecule has 0 amide bonds. The van der Waals surface area contributed by atoms with Gasteiger partial charge in [-0.2, -0.15) is 0 Å². The second-order valence-corrected chi connectivity index (χ2v) is 5.20. The Kier molecular flexibility index (Phi) is 18.7. The van der Waals surface area contributed by atoms with Gasteiger partial charge in [-0.3, -0.25) is 0 Å². The van der Waals surface area contributed by atoms with Crippen LogP contribution in [0.3, 0.4) is 0 Å². The van der Waals surface area contributed by atoms with Crippen LogP contribution in [0.5, 0.6) is 0 Å². The Bertz CT molecular complexity index is 178. The minimum atomic E-state index is 0.384. The average Bonchev–Trinajstić information content (AvgIpc) is 2.39. The predicted octanol–water partition coefficient (Wildman–Crippen LogP) is 6.24. The van der Waals surface area contributed by atoms with Crippen molar-refractivity contribution in [2.45, 2.75) is 87.7 Å². The molecule has 0 aromatic heterocycles. The summed E-state index contributed by atoms with van der Waals surface area (Å²) < 4.78 is 4.75. The first kappa shape index (κ1) is 22.8. The van der Waals surface area contributed by atoms with E-state index >= 15 is 0 Å². The first-order chi connectivity index (χ1) is 8.37. The van der Waals surface area contributed by atoms with Gasteiger partial charge in [-0.1, -0.05) is 53.2 Å². The van der Waals surface area contributed by atoms with Crippen LogP contribution >= 0.6 is 0 Å². The Morgan fingerprint density at radius 2 is 1.50 bits per heavy atom. The Labute approximate surface area is 117 Å². The van der Waals surface area contributed by atoms with Crippen molar-refractivity contribution in [2.75, 3.05) is 7.11 Å². The monoisotopic (exact) mass is 258 g/mol.